The lowest BCUT2D eigenvalue weighted by atomic mass is 10.1. The summed E-state index contributed by atoms with van der Waals surface area (Å²) in [6.07, 6.45) is 5.86. The molecule has 0 spiro atoms. The van der Waals surface area contributed by atoms with E-state index in [2.05, 4.69) is 37.5 Å². The molecular weight excluding hydrogens is 333 g/mol. The van der Waals surface area contributed by atoms with Crippen molar-refractivity contribution in [3.8, 4) is 0 Å². The van der Waals surface area contributed by atoms with Crippen LogP contribution in [0, 0.1) is 3.57 Å². The van der Waals surface area contributed by atoms with Gasteiger partial charge < -0.3 is 14.7 Å². The van der Waals surface area contributed by atoms with Gasteiger partial charge in [0.05, 0.1) is 19.3 Å². The van der Waals surface area contributed by atoms with Crippen LogP contribution in [0.2, 0.25) is 0 Å². The van der Waals surface area contributed by atoms with Gasteiger partial charge in [0.25, 0.3) is 0 Å². The number of anilines is 1. The molecule has 0 amide bonds. The Kier molecular flexibility index (Phi) is 4.93. The van der Waals surface area contributed by atoms with Crippen molar-refractivity contribution in [2.75, 3.05) is 31.2 Å². The van der Waals surface area contributed by atoms with E-state index < -0.39 is 0 Å². The Balaban J connectivity index is 1.84. The quantitative estimate of drug-likeness (QED) is 0.824. The smallest absolute Gasteiger partial charge is 0.225 e. The van der Waals surface area contributed by atoms with E-state index in [1.165, 1.54) is 0 Å². The zero-order valence-electron chi connectivity index (χ0n) is 9.55. The number of piperidine rings is 1. The third kappa shape index (κ3) is 3.75. The molecule has 0 aromatic carbocycles. The Morgan fingerprint density at radius 3 is 2.59 bits per heavy atom. The topological polar surface area (TPSA) is 58.5 Å². The molecule has 1 aliphatic rings. The Bertz CT molecular complexity index is 339. The van der Waals surface area contributed by atoms with E-state index in [-0.39, 0.29) is 12.7 Å². The van der Waals surface area contributed by atoms with Crippen LogP contribution in [0.5, 0.6) is 0 Å². The summed E-state index contributed by atoms with van der Waals surface area (Å²) in [5, 5.41) is 8.70. The average molecular weight is 349 g/mol. The van der Waals surface area contributed by atoms with Gasteiger partial charge in [-0.15, -0.1) is 0 Å². The molecule has 94 valence electrons. The molecular formula is C11H16IN3O2. The standard InChI is InChI=1S/C11H16IN3O2/c12-9-7-13-11(14-8-9)15-3-1-10(2-4-15)17-6-5-16/h7-8,10,16H,1-6H2. The van der Waals surface area contributed by atoms with E-state index >= 15 is 0 Å². The van der Waals surface area contributed by atoms with Gasteiger partial charge in [0.15, 0.2) is 0 Å². The minimum absolute atomic E-state index is 0.0977. The zero-order valence-corrected chi connectivity index (χ0v) is 11.7. The summed E-state index contributed by atoms with van der Waals surface area (Å²) in [4.78, 5) is 10.8. The summed E-state index contributed by atoms with van der Waals surface area (Å²) in [5.41, 5.74) is 0. The number of rotatable bonds is 4. The van der Waals surface area contributed by atoms with Gasteiger partial charge in [-0.1, -0.05) is 0 Å². The summed E-state index contributed by atoms with van der Waals surface area (Å²) in [6, 6.07) is 0. The fourth-order valence-corrected chi connectivity index (χ4v) is 2.19. The lowest BCUT2D eigenvalue weighted by Crippen LogP contribution is -2.38. The predicted molar refractivity (Wildman–Crippen MR) is 73.0 cm³/mol. The first-order valence-corrected chi connectivity index (χ1v) is 6.82. The van der Waals surface area contributed by atoms with Gasteiger partial charge in [0, 0.05) is 29.1 Å². The van der Waals surface area contributed by atoms with E-state index in [9.17, 15) is 0 Å². The van der Waals surface area contributed by atoms with Crippen LogP contribution in [-0.2, 0) is 4.74 Å². The minimum atomic E-state index is 0.0977. The van der Waals surface area contributed by atoms with E-state index in [0.717, 1.165) is 35.4 Å². The van der Waals surface area contributed by atoms with Crippen LogP contribution in [0.15, 0.2) is 12.4 Å². The second kappa shape index (κ2) is 6.46. The maximum Gasteiger partial charge on any atom is 0.225 e. The molecule has 17 heavy (non-hydrogen) atoms. The molecule has 0 unspecified atom stereocenters. The first-order valence-electron chi connectivity index (χ1n) is 5.74. The molecule has 5 nitrogen and oxygen atoms in total. The molecule has 0 aliphatic carbocycles. The van der Waals surface area contributed by atoms with Crippen molar-refractivity contribution in [2.24, 2.45) is 0 Å². The van der Waals surface area contributed by atoms with Gasteiger partial charge in [-0.25, -0.2) is 9.97 Å². The third-order valence-corrected chi connectivity index (χ3v) is 3.33. The van der Waals surface area contributed by atoms with Crippen LogP contribution >= 0.6 is 22.6 Å². The molecule has 2 heterocycles. The van der Waals surface area contributed by atoms with Crippen LogP contribution in [-0.4, -0.2) is 47.5 Å². The van der Waals surface area contributed by atoms with E-state index in [1.54, 1.807) is 0 Å². The van der Waals surface area contributed by atoms with Gasteiger partial charge in [0.1, 0.15) is 0 Å². The summed E-state index contributed by atoms with van der Waals surface area (Å²) in [5.74, 6) is 0.797. The Morgan fingerprint density at radius 1 is 1.35 bits per heavy atom. The number of aliphatic hydroxyl groups is 1. The van der Waals surface area contributed by atoms with Crippen molar-refractivity contribution in [3.05, 3.63) is 16.0 Å². The molecule has 1 saturated heterocycles. The van der Waals surface area contributed by atoms with Crippen molar-refractivity contribution in [1.82, 2.24) is 9.97 Å². The molecule has 0 saturated carbocycles. The van der Waals surface area contributed by atoms with Crippen molar-refractivity contribution >= 4 is 28.5 Å². The van der Waals surface area contributed by atoms with Gasteiger partial charge >= 0.3 is 0 Å². The number of aliphatic hydroxyl groups excluding tert-OH is 1. The largest absolute Gasteiger partial charge is 0.394 e. The second-order valence-electron chi connectivity index (χ2n) is 3.98. The molecule has 6 heteroatoms. The minimum Gasteiger partial charge on any atom is -0.394 e. The van der Waals surface area contributed by atoms with Crippen LogP contribution in [0.25, 0.3) is 0 Å². The van der Waals surface area contributed by atoms with Crippen molar-refractivity contribution in [1.29, 1.82) is 0 Å². The summed E-state index contributed by atoms with van der Waals surface area (Å²) >= 11 is 2.20. The number of nitrogens with zero attached hydrogens (tertiary/aromatic N) is 3. The molecule has 0 bridgehead atoms. The molecule has 1 aliphatic heterocycles. The number of aromatic nitrogens is 2. The molecule has 1 N–H and O–H groups in total. The highest BCUT2D eigenvalue weighted by atomic mass is 127. The lowest BCUT2D eigenvalue weighted by Gasteiger charge is -2.31. The van der Waals surface area contributed by atoms with E-state index in [0.29, 0.717) is 6.61 Å². The third-order valence-electron chi connectivity index (χ3n) is 2.78. The molecule has 2 rings (SSSR count). The molecule has 0 radical (unpaired) electrons. The van der Waals surface area contributed by atoms with E-state index in [4.69, 9.17) is 9.84 Å². The highest BCUT2D eigenvalue weighted by Crippen LogP contribution is 2.18. The van der Waals surface area contributed by atoms with Crippen molar-refractivity contribution in [2.45, 2.75) is 18.9 Å². The van der Waals surface area contributed by atoms with Crippen molar-refractivity contribution < 1.29 is 9.84 Å². The molecule has 1 aromatic heterocycles. The first-order chi connectivity index (χ1) is 8.29. The Morgan fingerprint density at radius 2 is 2.00 bits per heavy atom. The van der Waals surface area contributed by atoms with Crippen LogP contribution < -0.4 is 4.90 Å². The molecule has 0 atom stereocenters. The van der Waals surface area contributed by atoms with Gasteiger partial charge in [-0.05, 0) is 35.4 Å². The predicted octanol–water partition coefficient (Wildman–Crippen LogP) is 1.06. The Labute approximate surface area is 114 Å². The summed E-state index contributed by atoms with van der Waals surface area (Å²) in [6.45, 7) is 2.36. The highest BCUT2D eigenvalue weighted by molar-refractivity contribution is 14.1. The lowest BCUT2D eigenvalue weighted by molar-refractivity contribution is 0.0157. The number of ether oxygens (including phenoxy) is 1. The number of halogens is 1. The maximum atomic E-state index is 8.70. The highest BCUT2D eigenvalue weighted by Gasteiger charge is 2.20. The van der Waals surface area contributed by atoms with Crippen molar-refractivity contribution in [3.63, 3.8) is 0 Å². The summed E-state index contributed by atoms with van der Waals surface area (Å²) < 4.78 is 6.57. The maximum absolute atomic E-state index is 8.70. The van der Waals surface area contributed by atoms with Gasteiger partial charge in [-0.3, -0.25) is 0 Å². The average Bonchev–Trinajstić information content (AvgIpc) is 2.38. The number of hydrogen-bond acceptors (Lipinski definition) is 5. The SMILES string of the molecule is OCCOC1CCN(c2ncc(I)cn2)CC1. The first kappa shape index (κ1) is 13.0. The normalized spacial score (nSPS) is 17.4. The van der Waals surface area contributed by atoms with Gasteiger partial charge in [0.2, 0.25) is 5.95 Å². The number of hydrogen-bond donors (Lipinski definition) is 1. The van der Waals surface area contributed by atoms with Crippen LogP contribution in [0.4, 0.5) is 5.95 Å². The monoisotopic (exact) mass is 349 g/mol. The summed E-state index contributed by atoms with van der Waals surface area (Å²) in [7, 11) is 0. The molecule has 1 aromatic rings. The van der Waals surface area contributed by atoms with E-state index in [1.807, 2.05) is 12.4 Å². The fourth-order valence-electron chi connectivity index (χ4n) is 1.91. The Hall–Kier alpha value is -0.470. The zero-order chi connectivity index (χ0) is 12.1. The van der Waals surface area contributed by atoms with Crippen LogP contribution in [0.1, 0.15) is 12.8 Å². The fraction of sp³-hybridized carbons (Fsp3) is 0.636. The second-order valence-corrected chi connectivity index (χ2v) is 5.23. The van der Waals surface area contributed by atoms with Gasteiger partial charge in [-0.2, -0.15) is 0 Å². The molecule has 1 fully saturated rings. The van der Waals surface area contributed by atoms with Crippen LogP contribution in [0.3, 0.4) is 0 Å².